The molecule has 0 spiro atoms. The van der Waals surface area contributed by atoms with Crippen LogP contribution in [0.15, 0.2) is 28.8 Å². The van der Waals surface area contributed by atoms with E-state index in [9.17, 15) is 19.7 Å². The number of hydrogen-bond donors (Lipinski definition) is 1. The lowest BCUT2D eigenvalue weighted by Gasteiger charge is -2.34. The summed E-state index contributed by atoms with van der Waals surface area (Å²) in [4.78, 5) is 12.1. The van der Waals surface area contributed by atoms with Crippen LogP contribution in [0.1, 0.15) is 19.4 Å². The summed E-state index contributed by atoms with van der Waals surface area (Å²) in [5.74, 6) is -1.29. The number of thioether (sulfide) groups is 1. The number of nitrogens with zero attached hydrogens (tertiary/aromatic N) is 2. The second kappa shape index (κ2) is 6.94. The molecule has 124 valence electrons. The maximum absolute atomic E-state index is 13.7. The number of hydrogen-bond acceptors (Lipinski definition) is 5. The highest BCUT2D eigenvalue weighted by atomic mass is 32.2. The zero-order valence-electron chi connectivity index (χ0n) is 13.5. The third kappa shape index (κ3) is 3.22. The van der Waals surface area contributed by atoms with Crippen molar-refractivity contribution in [3.8, 4) is 17.9 Å². The molecule has 0 fully saturated rings. The molecule has 1 atom stereocenters. The topological polar surface area (TPSA) is 85.9 Å². The number of nitriles is 2. The Balaban J connectivity index is 2.26. The molecule has 0 aliphatic carbocycles. The Morgan fingerprint density at radius 1 is 1.42 bits per heavy atom. The van der Waals surface area contributed by atoms with Crippen molar-refractivity contribution in [2.45, 2.75) is 19.6 Å². The van der Waals surface area contributed by atoms with Crippen molar-refractivity contribution in [2.24, 2.45) is 11.3 Å². The van der Waals surface area contributed by atoms with E-state index in [1.807, 2.05) is 6.07 Å². The van der Waals surface area contributed by atoms with E-state index in [0.29, 0.717) is 21.9 Å². The van der Waals surface area contributed by atoms with Gasteiger partial charge in [0, 0.05) is 11.2 Å². The van der Waals surface area contributed by atoms with Crippen LogP contribution in [-0.4, -0.2) is 13.0 Å². The second-order valence-corrected chi connectivity index (χ2v) is 6.83. The van der Waals surface area contributed by atoms with E-state index in [2.05, 4.69) is 11.4 Å². The van der Waals surface area contributed by atoms with Crippen molar-refractivity contribution in [1.82, 2.24) is 5.32 Å². The number of carbonyl (C=O) groups is 1. The molecule has 7 heteroatoms. The lowest BCUT2D eigenvalue weighted by atomic mass is 9.72. The first-order chi connectivity index (χ1) is 11.3. The zero-order chi connectivity index (χ0) is 17.9. The fourth-order valence-corrected chi connectivity index (χ4v) is 3.61. The quantitative estimate of drug-likeness (QED) is 0.906. The van der Waals surface area contributed by atoms with Gasteiger partial charge in [-0.2, -0.15) is 10.5 Å². The highest BCUT2D eigenvalue weighted by molar-refractivity contribution is 8.02. The number of halogens is 1. The van der Waals surface area contributed by atoms with Gasteiger partial charge in [0.1, 0.15) is 5.92 Å². The molecule has 24 heavy (non-hydrogen) atoms. The van der Waals surface area contributed by atoms with E-state index < -0.39 is 23.1 Å². The maximum Gasteiger partial charge on any atom is 0.243 e. The summed E-state index contributed by atoms with van der Waals surface area (Å²) >= 11 is 1.23. The number of ether oxygens (including phenoxy) is 1. The average molecular weight is 345 g/mol. The Bertz CT molecular complexity index is 790. The molecule has 5 nitrogen and oxygen atoms in total. The van der Waals surface area contributed by atoms with Gasteiger partial charge in [-0.25, -0.2) is 4.39 Å². The van der Waals surface area contributed by atoms with Crippen LogP contribution in [0.3, 0.4) is 0 Å². The molecule has 1 aliphatic heterocycles. The van der Waals surface area contributed by atoms with Crippen molar-refractivity contribution >= 4 is 17.7 Å². The van der Waals surface area contributed by atoms with Crippen LogP contribution in [0.5, 0.6) is 5.75 Å². The summed E-state index contributed by atoms with van der Waals surface area (Å²) < 4.78 is 18.6. The standard InChI is InChI=1S/C17H16FN3O2S/c1-17(2)11(7-19)15(22)21-16(12(17)8-20)24-9-10-4-5-14(23-3)13(18)6-10/h4-6,11H,9H2,1-3H3,(H,21,22)/t11-/m0/s1. The Kier molecular flexibility index (Phi) is 5.16. The first-order valence-corrected chi connectivity index (χ1v) is 8.14. The van der Waals surface area contributed by atoms with Crippen LogP contribution < -0.4 is 10.1 Å². The average Bonchev–Trinajstić information content (AvgIpc) is 2.52. The van der Waals surface area contributed by atoms with Crippen LogP contribution in [0, 0.1) is 39.8 Å². The second-order valence-electron chi connectivity index (χ2n) is 5.85. The van der Waals surface area contributed by atoms with E-state index in [-0.39, 0.29) is 5.75 Å². The van der Waals surface area contributed by atoms with Crippen LogP contribution in [0.4, 0.5) is 4.39 Å². The number of rotatable bonds is 4. The molecule has 1 heterocycles. The van der Waals surface area contributed by atoms with Gasteiger partial charge >= 0.3 is 0 Å². The molecule has 0 aromatic heterocycles. The number of carbonyl (C=O) groups excluding carboxylic acids is 1. The summed E-state index contributed by atoms with van der Waals surface area (Å²) in [6, 6.07) is 8.65. The van der Waals surface area contributed by atoms with Crippen molar-refractivity contribution < 1.29 is 13.9 Å². The lowest BCUT2D eigenvalue weighted by molar-refractivity contribution is -0.125. The first-order valence-electron chi connectivity index (χ1n) is 7.15. The number of allylic oxidation sites excluding steroid dienone is 1. The minimum atomic E-state index is -0.921. The summed E-state index contributed by atoms with van der Waals surface area (Å²) in [6.07, 6.45) is 0. The molecule has 1 amide bonds. The van der Waals surface area contributed by atoms with Crippen LogP contribution >= 0.6 is 11.8 Å². The summed E-state index contributed by atoms with van der Waals surface area (Å²) in [5, 5.41) is 21.7. The fourth-order valence-electron chi connectivity index (χ4n) is 2.49. The van der Waals surface area contributed by atoms with Gasteiger partial charge in [-0.15, -0.1) is 11.8 Å². The SMILES string of the molecule is COc1ccc(CSC2=C(C#N)C(C)(C)[C@@H](C#N)C(=O)N2)cc1F. The van der Waals surface area contributed by atoms with E-state index >= 15 is 0 Å². The molecule has 1 aromatic rings. The Hall–Kier alpha value is -2.51. The predicted octanol–water partition coefficient (Wildman–Crippen LogP) is 3.10. The predicted molar refractivity (Wildman–Crippen MR) is 87.9 cm³/mol. The van der Waals surface area contributed by atoms with E-state index in [4.69, 9.17) is 4.74 Å². The summed E-state index contributed by atoms with van der Waals surface area (Å²) in [6.45, 7) is 3.40. The van der Waals surface area contributed by atoms with Gasteiger partial charge in [0.2, 0.25) is 5.91 Å². The molecule has 0 bridgehead atoms. The van der Waals surface area contributed by atoms with Gasteiger partial charge < -0.3 is 10.1 Å². The van der Waals surface area contributed by atoms with Crippen molar-refractivity contribution in [3.63, 3.8) is 0 Å². The van der Waals surface area contributed by atoms with Crippen LogP contribution in [0.2, 0.25) is 0 Å². The van der Waals surface area contributed by atoms with Gasteiger partial charge in [0.25, 0.3) is 0 Å². The molecule has 1 N–H and O–H groups in total. The molecular formula is C17H16FN3O2S. The Labute approximate surface area is 144 Å². The van der Waals surface area contributed by atoms with Gasteiger partial charge in [-0.3, -0.25) is 4.79 Å². The lowest BCUT2D eigenvalue weighted by Crippen LogP contribution is -2.44. The van der Waals surface area contributed by atoms with E-state index in [0.717, 1.165) is 0 Å². The van der Waals surface area contributed by atoms with Crippen molar-refractivity contribution in [3.05, 3.63) is 40.2 Å². The molecular weight excluding hydrogens is 329 g/mol. The summed E-state index contributed by atoms with van der Waals surface area (Å²) in [7, 11) is 1.39. The third-order valence-electron chi connectivity index (χ3n) is 3.93. The zero-order valence-corrected chi connectivity index (χ0v) is 14.3. The van der Waals surface area contributed by atoms with Crippen molar-refractivity contribution in [2.75, 3.05) is 7.11 Å². The highest BCUT2D eigenvalue weighted by Crippen LogP contribution is 2.42. The van der Waals surface area contributed by atoms with Crippen molar-refractivity contribution in [1.29, 1.82) is 10.5 Å². The van der Waals surface area contributed by atoms with Crippen LogP contribution in [-0.2, 0) is 10.5 Å². The van der Waals surface area contributed by atoms with Crippen LogP contribution in [0.25, 0.3) is 0 Å². The normalized spacial score (nSPS) is 19.2. The minimum Gasteiger partial charge on any atom is -0.494 e. The molecule has 1 aliphatic rings. The molecule has 0 saturated heterocycles. The van der Waals surface area contributed by atoms with E-state index in [1.165, 1.54) is 31.0 Å². The number of nitrogens with one attached hydrogen (secondary N) is 1. The number of amides is 1. The Morgan fingerprint density at radius 3 is 2.67 bits per heavy atom. The molecule has 0 radical (unpaired) electrons. The fraction of sp³-hybridized carbons (Fsp3) is 0.353. The third-order valence-corrected chi connectivity index (χ3v) is 5.00. The molecule has 0 saturated carbocycles. The van der Waals surface area contributed by atoms with Gasteiger partial charge in [0.05, 0.1) is 29.9 Å². The molecule has 0 unspecified atom stereocenters. The van der Waals surface area contributed by atoms with Gasteiger partial charge in [-0.05, 0) is 17.7 Å². The number of methoxy groups -OCH3 is 1. The van der Waals surface area contributed by atoms with Gasteiger partial charge in [-0.1, -0.05) is 19.9 Å². The van der Waals surface area contributed by atoms with Gasteiger partial charge in [0.15, 0.2) is 11.6 Å². The monoisotopic (exact) mass is 345 g/mol. The van der Waals surface area contributed by atoms with E-state index in [1.54, 1.807) is 19.9 Å². The molecule has 2 rings (SSSR count). The largest absolute Gasteiger partial charge is 0.494 e. The maximum atomic E-state index is 13.7. The number of benzene rings is 1. The molecule has 1 aromatic carbocycles. The minimum absolute atomic E-state index is 0.157. The first kappa shape index (κ1) is 17.8. The smallest absolute Gasteiger partial charge is 0.243 e. The Morgan fingerprint density at radius 2 is 2.12 bits per heavy atom. The highest BCUT2D eigenvalue weighted by Gasteiger charge is 2.44. The summed E-state index contributed by atoms with van der Waals surface area (Å²) in [5.41, 5.74) is 0.171.